The van der Waals surface area contributed by atoms with Gasteiger partial charge in [0.2, 0.25) is 0 Å². The molecule has 0 saturated carbocycles. The molecule has 0 bridgehead atoms. The van der Waals surface area contributed by atoms with Crippen LogP contribution in [0.5, 0.6) is 11.5 Å². The first-order valence-electron chi connectivity index (χ1n) is 11.5. The minimum absolute atomic E-state index is 0.121. The summed E-state index contributed by atoms with van der Waals surface area (Å²) in [7, 11) is 0. The minimum atomic E-state index is -4.91. The monoisotopic (exact) mass is 562 g/mol. The zero-order chi connectivity index (χ0) is 28.1. The van der Waals surface area contributed by atoms with Gasteiger partial charge < -0.3 is 23.7 Å². The first-order valence-corrected chi connectivity index (χ1v) is 11.9. The molecule has 5 rings (SSSR count). The molecule has 0 aliphatic heterocycles. The van der Waals surface area contributed by atoms with E-state index in [0.717, 1.165) is 6.07 Å². The molecule has 0 fully saturated rings. The van der Waals surface area contributed by atoms with Gasteiger partial charge in [-0.25, -0.2) is 9.18 Å². The van der Waals surface area contributed by atoms with E-state index in [1.54, 1.807) is 29.7 Å². The number of aromatic nitrogens is 2. The Kier molecular flexibility index (Phi) is 6.63. The molecule has 3 aromatic carbocycles. The van der Waals surface area contributed by atoms with Gasteiger partial charge in [0.25, 0.3) is 0 Å². The molecule has 39 heavy (non-hydrogen) atoms. The number of aliphatic carboxylic acids is 1. The lowest BCUT2D eigenvalue weighted by molar-refractivity contribution is -0.274. The summed E-state index contributed by atoms with van der Waals surface area (Å²) in [6, 6.07) is 12.6. The lowest BCUT2D eigenvalue weighted by Gasteiger charge is -2.14. The van der Waals surface area contributed by atoms with Gasteiger partial charge in [-0.15, -0.1) is 13.2 Å². The molecule has 0 spiro atoms. The van der Waals surface area contributed by atoms with Gasteiger partial charge in [-0.3, -0.25) is 0 Å². The van der Waals surface area contributed by atoms with Crippen LogP contribution in [0.3, 0.4) is 0 Å². The van der Waals surface area contributed by atoms with Crippen LogP contribution in [0.15, 0.2) is 59.1 Å². The number of carboxylic acids is 1. The Morgan fingerprint density at radius 2 is 1.82 bits per heavy atom. The van der Waals surface area contributed by atoms with Gasteiger partial charge in [-0.1, -0.05) is 16.8 Å². The van der Waals surface area contributed by atoms with Gasteiger partial charge in [0.05, 0.1) is 12.1 Å². The van der Waals surface area contributed by atoms with E-state index in [0.29, 0.717) is 43.8 Å². The van der Waals surface area contributed by atoms with E-state index in [1.165, 1.54) is 37.3 Å². The predicted molar refractivity (Wildman–Crippen MR) is 135 cm³/mol. The van der Waals surface area contributed by atoms with Crippen LogP contribution in [-0.2, 0) is 11.3 Å². The molecular formula is C27H19ClF4N2O5. The Hall–Kier alpha value is -4.25. The predicted octanol–water partition coefficient (Wildman–Crippen LogP) is 7.35. The summed E-state index contributed by atoms with van der Waals surface area (Å²) in [5.74, 6) is -2.14. The fraction of sp³-hybridized carbons (Fsp3) is 0.185. The highest BCUT2D eigenvalue weighted by Gasteiger charge is 2.32. The van der Waals surface area contributed by atoms with Gasteiger partial charge in [0, 0.05) is 44.7 Å². The van der Waals surface area contributed by atoms with Crippen LogP contribution >= 0.6 is 11.6 Å². The Bertz CT molecular complexity index is 1730. The smallest absolute Gasteiger partial charge is 0.479 e. The standard InChI is InChI=1S/C27H19ClF4N2O5/c1-13-24(25-20-6-3-16(28)10-23(20)39-33-25)19-7-4-18(38-27(30,31)32)11-22(19)34(13)12-15-9-17(5-8-21(15)29)37-14(2)26(35)36/h3-11,14H,12H2,1-2H3,(H,35,36)/t14-/m1/s1. The molecule has 0 saturated heterocycles. The quantitative estimate of drug-likeness (QED) is 0.209. The largest absolute Gasteiger partial charge is 0.573 e. The second kappa shape index (κ2) is 9.81. The van der Waals surface area contributed by atoms with E-state index in [-0.39, 0.29) is 17.9 Å². The summed E-state index contributed by atoms with van der Waals surface area (Å²) < 4.78 is 70.5. The molecule has 202 valence electrons. The topological polar surface area (TPSA) is 86.7 Å². The number of carboxylic acid groups (broad SMARTS) is 1. The van der Waals surface area contributed by atoms with Crippen LogP contribution in [-0.4, -0.2) is 33.3 Å². The van der Waals surface area contributed by atoms with Gasteiger partial charge in [0.15, 0.2) is 11.7 Å². The molecule has 2 aromatic heterocycles. The molecule has 0 aliphatic rings. The van der Waals surface area contributed by atoms with Crippen molar-refractivity contribution < 1.29 is 41.5 Å². The highest BCUT2D eigenvalue weighted by Crippen LogP contribution is 2.40. The van der Waals surface area contributed by atoms with Crippen molar-refractivity contribution in [3.8, 4) is 22.8 Å². The Labute approximate surface area is 223 Å². The molecule has 0 radical (unpaired) electrons. The Balaban J connectivity index is 1.68. The summed E-state index contributed by atoms with van der Waals surface area (Å²) in [6.07, 6.45) is -6.09. The van der Waals surface area contributed by atoms with Crippen molar-refractivity contribution in [2.45, 2.75) is 32.9 Å². The number of carbonyl (C=O) groups is 1. The number of halogens is 5. The number of nitrogens with zero attached hydrogens (tertiary/aromatic N) is 2. The lowest BCUT2D eigenvalue weighted by Crippen LogP contribution is -2.23. The van der Waals surface area contributed by atoms with E-state index < -0.39 is 30.0 Å². The molecule has 7 nitrogen and oxygen atoms in total. The Morgan fingerprint density at radius 3 is 2.54 bits per heavy atom. The molecular weight excluding hydrogens is 544 g/mol. The normalized spacial score (nSPS) is 12.7. The second-order valence-electron chi connectivity index (χ2n) is 8.80. The average molecular weight is 563 g/mol. The third-order valence-electron chi connectivity index (χ3n) is 6.21. The number of fused-ring (bicyclic) bond motifs is 2. The van der Waals surface area contributed by atoms with Crippen LogP contribution in [0, 0.1) is 12.7 Å². The fourth-order valence-electron chi connectivity index (χ4n) is 4.42. The highest BCUT2D eigenvalue weighted by atomic mass is 35.5. The minimum Gasteiger partial charge on any atom is -0.479 e. The average Bonchev–Trinajstić information content (AvgIpc) is 3.37. The third-order valence-corrected chi connectivity index (χ3v) is 6.44. The summed E-state index contributed by atoms with van der Waals surface area (Å²) >= 11 is 6.07. The van der Waals surface area contributed by atoms with Crippen molar-refractivity contribution in [1.29, 1.82) is 0 Å². The number of hydrogen-bond donors (Lipinski definition) is 1. The molecule has 1 atom stereocenters. The molecule has 12 heteroatoms. The SMILES string of the molecule is Cc1c(-c2noc3cc(Cl)ccc23)c2ccc(OC(F)(F)F)cc2n1Cc1cc(O[C@H](C)C(=O)O)ccc1F. The summed E-state index contributed by atoms with van der Waals surface area (Å²) in [5.41, 5.74) is 2.41. The first kappa shape index (κ1) is 26.4. The van der Waals surface area contributed by atoms with Crippen LogP contribution in [0.25, 0.3) is 33.1 Å². The number of benzene rings is 3. The second-order valence-corrected chi connectivity index (χ2v) is 9.23. The highest BCUT2D eigenvalue weighted by molar-refractivity contribution is 6.31. The third kappa shape index (κ3) is 5.22. The molecule has 0 amide bonds. The lowest BCUT2D eigenvalue weighted by atomic mass is 10.0. The van der Waals surface area contributed by atoms with Crippen molar-refractivity contribution in [3.05, 3.63) is 76.7 Å². The Morgan fingerprint density at radius 1 is 1.10 bits per heavy atom. The molecule has 2 heterocycles. The number of alkyl halides is 3. The zero-order valence-corrected chi connectivity index (χ0v) is 21.1. The van der Waals surface area contributed by atoms with Crippen molar-refractivity contribution in [2.75, 3.05) is 0 Å². The summed E-state index contributed by atoms with van der Waals surface area (Å²) in [4.78, 5) is 11.2. The van der Waals surface area contributed by atoms with E-state index in [4.69, 9.17) is 26.0 Å². The van der Waals surface area contributed by atoms with Crippen molar-refractivity contribution in [3.63, 3.8) is 0 Å². The van der Waals surface area contributed by atoms with Gasteiger partial charge in [-0.2, -0.15) is 0 Å². The van der Waals surface area contributed by atoms with Crippen molar-refractivity contribution in [1.82, 2.24) is 9.72 Å². The number of hydrogen-bond acceptors (Lipinski definition) is 5. The maximum absolute atomic E-state index is 14.9. The van der Waals surface area contributed by atoms with Crippen LogP contribution in [0.2, 0.25) is 5.02 Å². The van der Waals surface area contributed by atoms with Crippen LogP contribution < -0.4 is 9.47 Å². The molecule has 5 aromatic rings. The van der Waals surface area contributed by atoms with E-state index in [2.05, 4.69) is 9.89 Å². The molecule has 0 unspecified atom stereocenters. The van der Waals surface area contributed by atoms with E-state index >= 15 is 0 Å². The van der Waals surface area contributed by atoms with Gasteiger partial charge in [-0.05, 0) is 56.3 Å². The fourth-order valence-corrected chi connectivity index (χ4v) is 4.58. The summed E-state index contributed by atoms with van der Waals surface area (Å²) in [6.45, 7) is 2.93. The first-order chi connectivity index (χ1) is 18.4. The van der Waals surface area contributed by atoms with Crippen molar-refractivity contribution in [2.24, 2.45) is 0 Å². The maximum atomic E-state index is 14.9. The van der Waals surface area contributed by atoms with Gasteiger partial charge in [0.1, 0.15) is 23.0 Å². The summed E-state index contributed by atoms with van der Waals surface area (Å²) in [5, 5.41) is 14.9. The number of ether oxygens (including phenoxy) is 2. The van der Waals surface area contributed by atoms with Gasteiger partial charge >= 0.3 is 12.3 Å². The van der Waals surface area contributed by atoms with Crippen molar-refractivity contribution >= 4 is 39.4 Å². The van der Waals surface area contributed by atoms with E-state index in [9.17, 15) is 22.4 Å². The molecule has 0 aliphatic carbocycles. The maximum Gasteiger partial charge on any atom is 0.573 e. The zero-order valence-electron chi connectivity index (χ0n) is 20.3. The number of rotatable bonds is 7. The molecule has 1 N–H and O–H groups in total. The van der Waals surface area contributed by atoms with E-state index in [1.807, 2.05) is 0 Å². The van der Waals surface area contributed by atoms with Crippen LogP contribution in [0.1, 0.15) is 18.2 Å². The van der Waals surface area contributed by atoms with Crippen LogP contribution in [0.4, 0.5) is 17.6 Å².